The summed E-state index contributed by atoms with van der Waals surface area (Å²) in [6.07, 6.45) is 7.55. The minimum Gasteiger partial charge on any atom is -1.00 e. The highest BCUT2D eigenvalue weighted by Gasteiger charge is 2.45. The number of hydrogen-bond acceptors (Lipinski definition) is 1. The molecule has 2 saturated heterocycles. The number of amides is 1. The van der Waals surface area contributed by atoms with Gasteiger partial charge in [0.1, 0.15) is 0 Å². The molecule has 0 radical (unpaired) electrons. The maximum atomic E-state index is 13.7. The highest BCUT2D eigenvalue weighted by Crippen LogP contribution is 2.29. The molecule has 170 valence electrons. The second-order valence-corrected chi connectivity index (χ2v) is 9.98. The molecule has 2 atom stereocenters. The predicted molar refractivity (Wildman–Crippen MR) is 126 cm³/mol. The number of H-pyrrole nitrogens is 1. The van der Waals surface area contributed by atoms with Gasteiger partial charge >= 0.3 is 0 Å². The van der Waals surface area contributed by atoms with Gasteiger partial charge in [0.05, 0.1) is 19.1 Å². The number of rotatable bonds is 5. The molecule has 2 fully saturated rings. The number of halogens is 3. The summed E-state index contributed by atoms with van der Waals surface area (Å²) in [4.78, 5) is 20.8. The van der Waals surface area contributed by atoms with Crippen LogP contribution in [-0.4, -0.2) is 47.5 Å². The van der Waals surface area contributed by atoms with Crippen molar-refractivity contribution in [2.45, 2.75) is 50.2 Å². The van der Waals surface area contributed by atoms with Crippen LogP contribution in [0.1, 0.15) is 41.6 Å². The van der Waals surface area contributed by atoms with E-state index in [-0.39, 0.29) is 24.4 Å². The highest BCUT2D eigenvalue weighted by atomic mass is 35.5. The average Bonchev–Trinajstić information content (AvgIpc) is 3.23. The molecule has 2 bridgehead atoms. The van der Waals surface area contributed by atoms with Gasteiger partial charge in [-0.15, -0.1) is 0 Å². The number of fused-ring (bicyclic) bond motifs is 3. The number of carbonyl (C=O) groups excluding carboxylic acids is 1. The van der Waals surface area contributed by atoms with E-state index in [1.54, 1.807) is 23.1 Å². The minimum atomic E-state index is 0. The molecule has 3 heterocycles. The van der Waals surface area contributed by atoms with Crippen LogP contribution in [0.2, 0.25) is 10.0 Å². The van der Waals surface area contributed by atoms with Gasteiger partial charge in [-0.25, -0.2) is 0 Å². The molecule has 2 N–H and O–H groups in total. The van der Waals surface area contributed by atoms with Gasteiger partial charge in [0.2, 0.25) is 0 Å². The summed E-state index contributed by atoms with van der Waals surface area (Å²) in [6.45, 7) is 0.688. The lowest BCUT2D eigenvalue weighted by Crippen LogP contribution is -3.15. The van der Waals surface area contributed by atoms with Crippen LogP contribution in [0.5, 0.6) is 0 Å². The fourth-order valence-electron chi connectivity index (χ4n) is 5.68. The molecule has 2 aliphatic rings. The van der Waals surface area contributed by atoms with E-state index in [1.165, 1.54) is 23.8 Å². The molecule has 0 saturated carbocycles. The van der Waals surface area contributed by atoms with Crippen molar-refractivity contribution in [3.8, 4) is 0 Å². The van der Waals surface area contributed by atoms with E-state index in [1.807, 2.05) is 6.07 Å². The van der Waals surface area contributed by atoms with Crippen LogP contribution < -0.4 is 17.3 Å². The standard InChI is InChI=1S/C25H27Cl2N3O.ClH/c1-29-20-6-7-21(29)14-22(13-20)30(25(31)17-10-18(26)12-19(27)11-17)9-8-16-15-28-24-5-3-2-4-23(16)24;/h2-5,10-12,15,20-22,28H,6-9,13-14H2,1H3;1H. The van der Waals surface area contributed by atoms with Gasteiger partial charge in [0, 0.05) is 71.0 Å². The van der Waals surface area contributed by atoms with Crippen molar-refractivity contribution in [2.75, 3.05) is 13.6 Å². The summed E-state index contributed by atoms with van der Waals surface area (Å²) >= 11 is 12.4. The third-order valence-corrected chi connectivity index (χ3v) is 7.81. The maximum absolute atomic E-state index is 13.7. The number of quaternary nitrogens is 1. The molecule has 7 heteroatoms. The quantitative estimate of drug-likeness (QED) is 0.555. The topological polar surface area (TPSA) is 40.5 Å². The Bertz CT molecular complexity index is 1080. The number of nitrogens with zero attached hydrogens (tertiary/aromatic N) is 1. The summed E-state index contributed by atoms with van der Waals surface area (Å²) in [7, 11) is 2.31. The fraction of sp³-hybridized carbons (Fsp3) is 0.400. The average molecular weight is 493 g/mol. The number of piperidine rings is 1. The molecule has 4 nitrogen and oxygen atoms in total. The van der Waals surface area contributed by atoms with E-state index in [0.717, 1.165) is 24.8 Å². The number of aromatic nitrogens is 1. The molecular formula is C25H28Cl3N3O. The lowest BCUT2D eigenvalue weighted by molar-refractivity contribution is -0.922. The second kappa shape index (κ2) is 9.64. The number of para-hydroxylation sites is 1. The van der Waals surface area contributed by atoms with Gasteiger partial charge < -0.3 is 27.2 Å². The Balaban J connectivity index is 0.00000245. The van der Waals surface area contributed by atoms with Gasteiger partial charge in [-0.2, -0.15) is 0 Å². The van der Waals surface area contributed by atoms with Crippen LogP contribution in [0.25, 0.3) is 10.9 Å². The van der Waals surface area contributed by atoms with Crippen LogP contribution in [0.3, 0.4) is 0 Å². The van der Waals surface area contributed by atoms with Crippen molar-refractivity contribution in [3.63, 3.8) is 0 Å². The number of hydrogen-bond donors (Lipinski definition) is 2. The van der Waals surface area contributed by atoms with Crippen LogP contribution in [0.4, 0.5) is 0 Å². The van der Waals surface area contributed by atoms with Crippen LogP contribution in [0, 0.1) is 0 Å². The first-order valence-corrected chi connectivity index (χ1v) is 11.9. The Morgan fingerprint density at radius 1 is 1.09 bits per heavy atom. The van der Waals surface area contributed by atoms with Crippen LogP contribution >= 0.6 is 23.2 Å². The molecule has 1 amide bonds. The van der Waals surface area contributed by atoms with E-state index in [0.29, 0.717) is 34.2 Å². The van der Waals surface area contributed by atoms with Crippen molar-refractivity contribution >= 4 is 40.0 Å². The van der Waals surface area contributed by atoms with E-state index < -0.39 is 0 Å². The molecular weight excluding hydrogens is 465 g/mol. The number of nitrogens with one attached hydrogen (secondary N) is 2. The van der Waals surface area contributed by atoms with Crippen molar-refractivity contribution in [1.82, 2.24) is 9.88 Å². The van der Waals surface area contributed by atoms with E-state index in [9.17, 15) is 4.79 Å². The zero-order valence-corrected chi connectivity index (χ0v) is 20.4. The summed E-state index contributed by atoms with van der Waals surface area (Å²) in [6, 6.07) is 15.0. The molecule has 0 spiro atoms. The van der Waals surface area contributed by atoms with Crippen molar-refractivity contribution in [1.29, 1.82) is 0 Å². The third-order valence-electron chi connectivity index (χ3n) is 7.37. The first-order valence-electron chi connectivity index (χ1n) is 11.1. The van der Waals surface area contributed by atoms with Gasteiger partial charge in [0.25, 0.3) is 5.91 Å². The second-order valence-electron chi connectivity index (χ2n) is 9.11. The SMILES string of the molecule is C[NH+]1C2CCC1CC(N(CCc1c[nH]c3ccccc13)C(=O)c1cc(Cl)cc(Cl)c1)C2.[Cl-]. The summed E-state index contributed by atoms with van der Waals surface area (Å²) in [5.41, 5.74) is 2.96. The number of benzene rings is 2. The van der Waals surface area contributed by atoms with Crippen LogP contribution in [-0.2, 0) is 6.42 Å². The molecule has 2 aromatic carbocycles. The maximum Gasteiger partial charge on any atom is 0.254 e. The van der Waals surface area contributed by atoms with Crippen molar-refractivity contribution < 1.29 is 22.1 Å². The van der Waals surface area contributed by atoms with Gasteiger partial charge in [-0.1, -0.05) is 41.4 Å². The van der Waals surface area contributed by atoms with Gasteiger partial charge in [-0.3, -0.25) is 4.79 Å². The third kappa shape index (κ3) is 4.51. The van der Waals surface area contributed by atoms with Gasteiger partial charge in [-0.05, 0) is 36.2 Å². The lowest BCUT2D eigenvalue weighted by atomic mass is 9.95. The normalized spacial score (nSPS) is 24.3. The molecule has 32 heavy (non-hydrogen) atoms. The Morgan fingerprint density at radius 2 is 1.75 bits per heavy atom. The first kappa shape index (κ1) is 23.4. The monoisotopic (exact) mass is 491 g/mol. The molecule has 1 aromatic heterocycles. The largest absolute Gasteiger partial charge is 1.00 e. The van der Waals surface area contributed by atoms with Gasteiger partial charge in [0.15, 0.2) is 0 Å². The molecule has 2 unspecified atom stereocenters. The Hall–Kier alpha value is -1.72. The smallest absolute Gasteiger partial charge is 0.254 e. The zero-order chi connectivity index (χ0) is 21.5. The Labute approximate surface area is 205 Å². The summed E-state index contributed by atoms with van der Waals surface area (Å²) in [5, 5.41) is 2.23. The number of carbonyl (C=O) groups is 1. The molecule has 2 aliphatic heterocycles. The Morgan fingerprint density at radius 3 is 2.44 bits per heavy atom. The van der Waals surface area contributed by atoms with Crippen molar-refractivity contribution in [3.05, 3.63) is 69.8 Å². The van der Waals surface area contributed by atoms with Crippen molar-refractivity contribution in [2.24, 2.45) is 0 Å². The first-order chi connectivity index (χ1) is 15.0. The van der Waals surface area contributed by atoms with Crippen LogP contribution in [0.15, 0.2) is 48.7 Å². The van der Waals surface area contributed by atoms with E-state index >= 15 is 0 Å². The van der Waals surface area contributed by atoms with E-state index in [4.69, 9.17) is 23.2 Å². The minimum absolute atomic E-state index is 0. The summed E-state index contributed by atoms with van der Waals surface area (Å²) < 4.78 is 0. The molecule has 0 aliphatic carbocycles. The Kier molecular flexibility index (Phi) is 7.06. The zero-order valence-electron chi connectivity index (χ0n) is 18.1. The molecule has 3 aromatic rings. The fourth-order valence-corrected chi connectivity index (χ4v) is 6.20. The molecule has 5 rings (SSSR count). The predicted octanol–water partition coefficient (Wildman–Crippen LogP) is 1.37. The summed E-state index contributed by atoms with van der Waals surface area (Å²) in [5.74, 6) is 0.0354. The highest BCUT2D eigenvalue weighted by molar-refractivity contribution is 6.35. The lowest BCUT2D eigenvalue weighted by Gasteiger charge is -2.40. The number of aromatic amines is 1. The van der Waals surface area contributed by atoms with E-state index in [2.05, 4.69) is 41.3 Å².